The number of rotatable bonds is 2. The summed E-state index contributed by atoms with van der Waals surface area (Å²) in [6.45, 7) is 11.4. The molecule has 110 valence electrons. The Kier molecular flexibility index (Phi) is 6.34. The Bertz CT molecular complexity index is 609. The molecule has 0 fully saturated rings. The van der Waals surface area contributed by atoms with Gasteiger partial charge < -0.3 is 4.74 Å². The van der Waals surface area contributed by atoms with E-state index >= 15 is 0 Å². The topological polar surface area (TPSA) is 38.7 Å². The van der Waals surface area contributed by atoms with Gasteiger partial charge in [-0.15, -0.1) is 0 Å². The van der Waals surface area contributed by atoms with Crippen LogP contribution in [-0.4, -0.2) is 18.8 Å². The van der Waals surface area contributed by atoms with Crippen molar-refractivity contribution in [1.29, 1.82) is 0 Å². The van der Waals surface area contributed by atoms with Crippen LogP contribution in [0.4, 0.5) is 5.69 Å². The van der Waals surface area contributed by atoms with Crippen molar-refractivity contribution in [3.8, 4) is 0 Å². The van der Waals surface area contributed by atoms with E-state index in [2.05, 4.69) is 18.2 Å². The maximum Gasteiger partial charge on any atom is 0.221 e. The molecule has 0 aromatic heterocycles. The molecule has 3 heteroatoms. The van der Waals surface area contributed by atoms with Crippen LogP contribution in [0, 0.1) is 0 Å². The molecule has 0 saturated heterocycles. The van der Waals surface area contributed by atoms with Crippen molar-refractivity contribution >= 4 is 17.4 Å². The molecule has 3 nitrogen and oxygen atoms in total. The minimum Gasteiger partial charge on any atom is -0.481 e. The summed E-state index contributed by atoms with van der Waals surface area (Å²) in [5.41, 5.74) is 2.70. The molecule has 0 bridgehead atoms. The predicted octanol–water partition coefficient (Wildman–Crippen LogP) is 4.18. The number of benzene rings is 1. The van der Waals surface area contributed by atoms with Gasteiger partial charge >= 0.3 is 0 Å². The molecular formula is C18H21NO2. The highest BCUT2D eigenvalue weighted by Crippen LogP contribution is 2.26. The number of hydrogen-bond acceptors (Lipinski definition) is 3. The number of para-hydroxylation sites is 1. The van der Waals surface area contributed by atoms with Gasteiger partial charge in [-0.2, -0.15) is 0 Å². The Morgan fingerprint density at radius 3 is 2.33 bits per heavy atom. The van der Waals surface area contributed by atoms with Crippen LogP contribution >= 0.6 is 0 Å². The van der Waals surface area contributed by atoms with E-state index in [9.17, 15) is 4.79 Å². The number of aliphatic imine (C=N–C) groups is 1. The van der Waals surface area contributed by atoms with E-state index in [1.165, 1.54) is 13.2 Å². The van der Waals surface area contributed by atoms with Crippen LogP contribution < -0.4 is 0 Å². The normalized spacial score (nSPS) is 17.3. The van der Waals surface area contributed by atoms with Gasteiger partial charge in [0.1, 0.15) is 0 Å². The second-order valence-electron chi connectivity index (χ2n) is 4.09. The van der Waals surface area contributed by atoms with Crippen LogP contribution in [0.3, 0.4) is 0 Å². The zero-order valence-corrected chi connectivity index (χ0v) is 12.8. The monoisotopic (exact) mass is 283 g/mol. The molecule has 0 aliphatic carbocycles. The smallest absolute Gasteiger partial charge is 0.221 e. The molecule has 0 atom stereocenters. The van der Waals surface area contributed by atoms with Gasteiger partial charge in [0.2, 0.25) is 5.90 Å². The Morgan fingerprint density at radius 2 is 1.76 bits per heavy atom. The fourth-order valence-electron chi connectivity index (χ4n) is 2.05. The molecule has 0 N–H and O–H groups in total. The number of methoxy groups -OCH3 is 1. The third-order valence-electron chi connectivity index (χ3n) is 2.99. The average molecular weight is 283 g/mol. The van der Waals surface area contributed by atoms with Crippen LogP contribution in [0.1, 0.15) is 19.4 Å². The van der Waals surface area contributed by atoms with Gasteiger partial charge in [0, 0.05) is 17.6 Å². The first-order chi connectivity index (χ1) is 10.2. The van der Waals surface area contributed by atoms with E-state index < -0.39 is 0 Å². The summed E-state index contributed by atoms with van der Waals surface area (Å²) < 4.78 is 5.29. The summed E-state index contributed by atoms with van der Waals surface area (Å²) in [5, 5.41) is 0. The van der Waals surface area contributed by atoms with E-state index in [4.69, 9.17) is 4.74 Å². The second kappa shape index (κ2) is 8.00. The van der Waals surface area contributed by atoms with Crippen molar-refractivity contribution in [2.45, 2.75) is 20.3 Å². The summed E-state index contributed by atoms with van der Waals surface area (Å²) in [6.07, 6.45) is 3.41. The molecule has 1 aliphatic heterocycles. The standard InChI is InChI=1S/C16H15NO2.C2H6/c1-4-12-13(5-2)16(19-3)17-14-9-7-6-8-11(14)10-15(12)18;1-2/h4-9H,1-2,10H2,3H3;1-2H3/b13-12-,17-16?;. The van der Waals surface area contributed by atoms with Crippen LogP contribution in [0.25, 0.3) is 0 Å². The summed E-state index contributed by atoms with van der Waals surface area (Å²) in [4.78, 5) is 16.8. The number of ketones is 1. The average Bonchev–Trinajstić information content (AvgIpc) is 2.52. The fourth-order valence-corrected chi connectivity index (χ4v) is 2.05. The minimum absolute atomic E-state index is 0.0122. The SMILES string of the molecule is C=C/C1=C(\C=C)C(OC)=Nc2ccccc2CC1=O.CC. The molecule has 0 radical (unpaired) electrons. The zero-order valence-electron chi connectivity index (χ0n) is 12.8. The number of carbonyl (C=O) groups excluding carboxylic acids is 1. The van der Waals surface area contributed by atoms with Crippen molar-refractivity contribution in [3.63, 3.8) is 0 Å². The number of Topliss-reactive ketones (excluding diaryl/α,β-unsaturated/α-hetero) is 1. The van der Waals surface area contributed by atoms with E-state index in [0.29, 0.717) is 23.5 Å². The van der Waals surface area contributed by atoms with Crippen LogP contribution in [0.15, 0.2) is 65.7 Å². The Hall–Kier alpha value is -2.42. The quantitative estimate of drug-likeness (QED) is 0.816. The minimum atomic E-state index is -0.0122. The maximum absolute atomic E-state index is 12.3. The van der Waals surface area contributed by atoms with Crippen molar-refractivity contribution in [3.05, 3.63) is 66.3 Å². The number of ether oxygens (including phenoxy) is 1. The van der Waals surface area contributed by atoms with Crippen molar-refractivity contribution < 1.29 is 9.53 Å². The maximum atomic E-state index is 12.3. The largest absolute Gasteiger partial charge is 0.481 e. The second-order valence-corrected chi connectivity index (χ2v) is 4.09. The lowest BCUT2D eigenvalue weighted by atomic mass is 9.96. The molecule has 21 heavy (non-hydrogen) atoms. The summed E-state index contributed by atoms with van der Waals surface area (Å²) in [6, 6.07) is 7.53. The van der Waals surface area contributed by atoms with Gasteiger partial charge in [-0.3, -0.25) is 4.79 Å². The molecule has 1 heterocycles. The molecule has 0 spiro atoms. The Labute approximate surface area is 126 Å². The first-order valence-electron chi connectivity index (χ1n) is 6.94. The van der Waals surface area contributed by atoms with E-state index in [1.54, 1.807) is 6.08 Å². The van der Waals surface area contributed by atoms with Crippen molar-refractivity contribution in [2.24, 2.45) is 4.99 Å². The number of hydrogen-bond donors (Lipinski definition) is 0. The van der Waals surface area contributed by atoms with E-state index in [0.717, 1.165) is 11.3 Å². The lowest BCUT2D eigenvalue weighted by Crippen LogP contribution is -2.15. The molecule has 0 unspecified atom stereocenters. The van der Waals surface area contributed by atoms with Gasteiger partial charge in [-0.25, -0.2) is 4.99 Å². The number of carbonyl (C=O) groups is 1. The number of allylic oxidation sites excluding steroid dienone is 2. The predicted molar refractivity (Wildman–Crippen MR) is 88.0 cm³/mol. The summed E-state index contributed by atoms with van der Waals surface area (Å²) >= 11 is 0. The molecule has 1 aromatic rings. The van der Waals surface area contributed by atoms with Gasteiger partial charge in [-0.1, -0.05) is 57.4 Å². The van der Waals surface area contributed by atoms with Gasteiger partial charge in [0.15, 0.2) is 5.78 Å². The van der Waals surface area contributed by atoms with Crippen LogP contribution in [-0.2, 0) is 16.0 Å². The first-order valence-corrected chi connectivity index (χ1v) is 6.94. The Morgan fingerprint density at radius 1 is 1.14 bits per heavy atom. The van der Waals surface area contributed by atoms with Gasteiger partial charge in [0.25, 0.3) is 0 Å². The molecule has 0 amide bonds. The van der Waals surface area contributed by atoms with E-state index in [1.807, 2.05) is 38.1 Å². The van der Waals surface area contributed by atoms with Crippen LogP contribution in [0.5, 0.6) is 0 Å². The zero-order chi connectivity index (χ0) is 15.8. The third kappa shape index (κ3) is 3.57. The van der Waals surface area contributed by atoms with Gasteiger partial charge in [-0.05, 0) is 11.6 Å². The first kappa shape index (κ1) is 16.6. The summed E-state index contributed by atoms with van der Waals surface area (Å²) in [7, 11) is 1.53. The Balaban J connectivity index is 0.00000106. The lowest BCUT2D eigenvalue weighted by Gasteiger charge is -2.15. The van der Waals surface area contributed by atoms with Gasteiger partial charge in [0.05, 0.1) is 12.8 Å². The van der Waals surface area contributed by atoms with Crippen molar-refractivity contribution in [1.82, 2.24) is 0 Å². The molecule has 2 rings (SSSR count). The highest BCUT2D eigenvalue weighted by molar-refractivity contribution is 6.11. The molecular weight excluding hydrogens is 262 g/mol. The molecule has 1 aromatic carbocycles. The lowest BCUT2D eigenvalue weighted by molar-refractivity contribution is -0.114. The third-order valence-corrected chi connectivity index (χ3v) is 2.99. The van der Waals surface area contributed by atoms with Crippen LogP contribution in [0.2, 0.25) is 0 Å². The highest BCUT2D eigenvalue weighted by Gasteiger charge is 2.20. The number of fused-ring (bicyclic) bond motifs is 1. The fraction of sp³-hybridized carbons (Fsp3) is 0.222. The molecule has 0 saturated carbocycles. The van der Waals surface area contributed by atoms with E-state index in [-0.39, 0.29) is 5.78 Å². The number of nitrogens with zero attached hydrogens (tertiary/aromatic N) is 1. The van der Waals surface area contributed by atoms with Crippen molar-refractivity contribution in [2.75, 3.05) is 7.11 Å². The molecule has 1 aliphatic rings. The summed E-state index contributed by atoms with van der Waals surface area (Å²) in [5.74, 6) is 0.368. The highest BCUT2D eigenvalue weighted by atomic mass is 16.5.